The fraction of sp³-hybridized carbons (Fsp3) is 0.895. The van der Waals surface area contributed by atoms with Crippen molar-refractivity contribution in [2.45, 2.75) is 44.9 Å². The number of halogens is 1. The van der Waals surface area contributed by atoms with Crippen LogP contribution in [0.15, 0.2) is 4.99 Å². The summed E-state index contributed by atoms with van der Waals surface area (Å²) in [5.41, 5.74) is 0. The Kier molecular flexibility index (Phi) is 11.5. The molecule has 0 aromatic heterocycles. The van der Waals surface area contributed by atoms with E-state index in [1.807, 2.05) is 7.05 Å². The number of aliphatic imine (C=N–C) groups is 1. The predicted octanol–water partition coefficient (Wildman–Crippen LogP) is 2.58. The molecule has 0 unspecified atom stereocenters. The molecule has 0 heterocycles. The summed E-state index contributed by atoms with van der Waals surface area (Å²) in [4.78, 5) is 20.1. The van der Waals surface area contributed by atoms with Crippen molar-refractivity contribution < 1.29 is 9.53 Å². The van der Waals surface area contributed by atoms with Gasteiger partial charge in [0.25, 0.3) is 0 Å². The van der Waals surface area contributed by atoms with E-state index in [0.29, 0.717) is 6.61 Å². The lowest BCUT2D eigenvalue weighted by Gasteiger charge is -2.27. The first-order valence-corrected chi connectivity index (χ1v) is 9.83. The van der Waals surface area contributed by atoms with Gasteiger partial charge in [-0.2, -0.15) is 0 Å². The monoisotopic (exact) mass is 480 g/mol. The van der Waals surface area contributed by atoms with Gasteiger partial charge in [0, 0.05) is 40.8 Å². The number of ether oxygens (including phenoxy) is 1. The summed E-state index contributed by atoms with van der Waals surface area (Å²) in [6.07, 6.45) is 9.27. The Labute approximate surface area is 176 Å². The highest BCUT2D eigenvalue weighted by molar-refractivity contribution is 14.0. The Morgan fingerprint density at radius 1 is 1.08 bits per heavy atom. The third-order valence-electron chi connectivity index (χ3n) is 5.12. The molecule has 0 saturated heterocycles. The van der Waals surface area contributed by atoms with Crippen LogP contribution in [-0.4, -0.2) is 75.7 Å². The summed E-state index contributed by atoms with van der Waals surface area (Å²) >= 11 is 0. The highest BCUT2D eigenvalue weighted by atomic mass is 127. The molecular formula is C19H37IN4O2. The third-order valence-corrected chi connectivity index (χ3v) is 5.12. The minimum atomic E-state index is 0. The Balaban J connectivity index is 0.00000338. The Hall–Kier alpha value is -0.570. The molecule has 0 spiro atoms. The minimum Gasteiger partial charge on any atom is -0.379 e. The second kappa shape index (κ2) is 12.8. The van der Waals surface area contributed by atoms with Crippen LogP contribution in [0.25, 0.3) is 0 Å². The van der Waals surface area contributed by atoms with E-state index >= 15 is 0 Å². The van der Waals surface area contributed by atoms with Crippen molar-refractivity contribution in [1.29, 1.82) is 0 Å². The summed E-state index contributed by atoms with van der Waals surface area (Å²) in [6.45, 7) is 3.52. The van der Waals surface area contributed by atoms with Gasteiger partial charge in [-0.25, -0.2) is 4.99 Å². The van der Waals surface area contributed by atoms with Crippen LogP contribution in [0.1, 0.15) is 44.9 Å². The minimum absolute atomic E-state index is 0. The Bertz CT molecular complexity index is 435. The maximum absolute atomic E-state index is 11.9. The van der Waals surface area contributed by atoms with E-state index in [-0.39, 0.29) is 36.4 Å². The number of carbonyl (C=O) groups is 1. The molecule has 0 aromatic carbocycles. The number of carbonyl (C=O) groups excluding carboxylic acids is 1. The lowest BCUT2D eigenvalue weighted by molar-refractivity contribution is -0.127. The molecule has 2 rings (SSSR count). The molecule has 26 heavy (non-hydrogen) atoms. The molecule has 152 valence electrons. The van der Waals surface area contributed by atoms with Crippen molar-refractivity contribution in [3.05, 3.63) is 0 Å². The molecule has 7 heteroatoms. The quantitative estimate of drug-likeness (QED) is 0.239. The van der Waals surface area contributed by atoms with Crippen LogP contribution in [0, 0.1) is 11.8 Å². The maximum atomic E-state index is 11.9. The van der Waals surface area contributed by atoms with E-state index in [4.69, 9.17) is 4.74 Å². The molecule has 2 aliphatic rings. The average Bonchev–Trinajstić information content (AvgIpc) is 3.43. The first kappa shape index (κ1) is 23.5. The number of nitrogens with zero attached hydrogens (tertiary/aromatic N) is 3. The second-order valence-electron chi connectivity index (χ2n) is 7.75. The van der Waals surface area contributed by atoms with Crippen LogP contribution in [0.3, 0.4) is 0 Å². The number of rotatable bonds is 9. The molecule has 0 aliphatic heterocycles. The van der Waals surface area contributed by atoms with E-state index in [9.17, 15) is 4.79 Å². The molecule has 0 bridgehead atoms. The summed E-state index contributed by atoms with van der Waals surface area (Å²) in [5.74, 6) is 2.36. The normalized spacial score (nSPS) is 18.2. The lowest BCUT2D eigenvalue weighted by Crippen LogP contribution is -2.43. The zero-order valence-corrected chi connectivity index (χ0v) is 19.0. The smallest absolute Gasteiger partial charge is 0.243 e. The number of nitrogens with one attached hydrogen (secondary N) is 1. The van der Waals surface area contributed by atoms with Crippen LogP contribution in [-0.2, 0) is 9.53 Å². The van der Waals surface area contributed by atoms with E-state index in [1.54, 1.807) is 19.0 Å². The van der Waals surface area contributed by atoms with Gasteiger partial charge in [0.05, 0.1) is 6.61 Å². The van der Waals surface area contributed by atoms with Crippen molar-refractivity contribution >= 4 is 35.8 Å². The van der Waals surface area contributed by atoms with Crippen molar-refractivity contribution in [2.75, 3.05) is 54.0 Å². The second-order valence-corrected chi connectivity index (χ2v) is 7.75. The fourth-order valence-corrected chi connectivity index (χ4v) is 3.06. The fourth-order valence-electron chi connectivity index (χ4n) is 3.06. The van der Waals surface area contributed by atoms with Crippen LogP contribution >= 0.6 is 24.0 Å². The topological polar surface area (TPSA) is 57.2 Å². The third kappa shape index (κ3) is 9.39. The van der Waals surface area contributed by atoms with Crippen molar-refractivity contribution in [1.82, 2.24) is 15.1 Å². The van der Waals surface area contributed by atoms with E-state index in [1.165, 1.54) is 44.9 Å². The van der Waals surface area contributed by atoms with E-state index < -0.39 is 0 Å². The first-order chi connectivity index (χ1) is 12.1. The molecule has 2 fully saturated rings. The van der Waals surface area contributed by atoms with E-state index in [2.05, 4.69) is 15.2 Å². The largest absolute Gasteiger partial charge is 0.379 e. The van der Waals surface area contributed by atoms with E-state index in [0.717, 1.165) is 37.5 Å². The average molecular weight is 480 g/mol. The van der Waals surface area contributed by atoms with Crippen molar-refractivity contribution in [3.63, 3.8) is 0 Å². The Morgan fingerprint density at radius 3 is 2.38 bits per heavy atom. The molecule has 1 amide bonds. The SMILES string of the molecule is CN(C)C(=O)CN=C(NCC1CCCCC1)N(C)CCOCC1CC1.I. The van der Waals surface area contributed by atoms with Crippen LogP contribution in [0.5, 0.6) is 0 Å². The van der Waals surface area contributed by atoms with Gasteiger partial charge in [-0.1, -0.05) is 19.3 Å². The number of likely N-dealkylation sites (N-methyl/N-ethyl adjacent to an activating group) is 2. The number of hydrogen-bond donors (Lipinski definition) is 1. The molecular weight excluding hydrogens is 443 g/mol. The number of guanidine groups is 1. The van der Waals surface area contributed by atoms with Gasteiger partial charge in [0.2, 0.25) is 5.91 Å². The van der Waals surface area contributed by atoms with Gasteiger partial charge in [-0.15, -0.1) is 24.0 Å². The molecule has 2 saturated carbocycles. The highest BCUT2D eigenvalue weighted by Gasteiger charge is 2.21. The lowest BCUT2D eigenvalue weighted by atomic mass is 9.89. The summed E-state index contributed by atoms with van der Waals surface area (Å²) < 4.78 is 5.74. The zero-order valence-electron chi connectivity index (χ0n) is 16.7. The van der Waals surface area contributed by atoms with Crippen LogP contribution in [0.2, 0.25) is 0 Å². The van der Waals surface area contributed by atoms with Gasteiger partial charge in [0.1, 0.15) is 6.54 Å². The van der Waals surface area contributed by atoms with Gasteiger partial charge < -0.3 is 19.9 Å². The standard InChI is InChI=1S/C19H36N4O2.HI/c1-22(2)18(24)14-21-19(20-13-16-7-5-4-6-8-16)23(3)11-12-25-15-17-9-10-17;/h16-17H,4-15H2,1-3H3,(H,20,21);1H. The molecule has 0 aromatic rings. The Morgan fingerprint density at radius 2 is 1.77 bits per heavy atom. The molecule has 6 nitrogen and oxygen atoms in total. The maximum Gasteiger partial charge on any atom is 0.243 e. The summed E-state index contributed by atoms with van der Waals surface area (Å²) in [5, 5.41) is 3.50. The summed E-state index contributed by atoms with van der Waals surface area (Å²) in [7, 11) is 5.55. The first-order valence-electron chi connectivity index (χ1n) is 9.83. The van der Waals surface area contributed by atoms with Crippen molar-refractivity contribution in [2.24, 2.45) is 16.8 Å². The van der Waals surface area contributed by atoms with Crippen LogP contribution < -0.4 is 5.32 Å². The molecule has 1 N–H and O–H groups in total. The van der Waals surface area contributed by atoms with Gasteiger partial charge in [-0.05, 0) is 37.5 Å². The molecule has 0 atom stereocenters. The number of amides is 1. The van der Waals surface area contributed by atoms with Gasteiger partial charge in [-0.3, -0.25) is 4.79 Å². The van der Waals surface area contributed by atoms with Crippen molar-refractivity contribution in [3.8, 4) is 0 Å². The molecule has 2 aliphatic carbocycles. The zero-order chi connectivity index (χ0) is 18.1. The van der Waals surface area contributed by atoms with Crippen LogP contribution in [0.4, 0.5) is 0 Å². The van der Waals surface area contributed by atoms with Gasteiger partial charge in [0.15, 0.2) is 5.96 Å². The highest BCUT2D eigenvalue weighted by Crippen LogP contribution is 2.28. The molecule has 0 radical (unpaired) electrons. The predicted molar refractivity (Wildman–Crippen MR) is 117 cm³/mol. The number of hydrogen-bond acceptors (Lipinski definition) is 3. The van der Waals surface area contributed by atoms with Gasteiger partial charge >= 0.3 is 0 Å². The summed E-state index contributed by atoms with van der Waals surface area (Å²) in [6, 6.07) is 0.